The van der Waals surface area contributed by atoms with Gasteiger partial charge < -0.3 is 10.2 Å². The molecule has 4 nitrogen and oxygen atoms in total. The highest BCUT2D eigenvalue weighted by Gasteiger charge is 2.35. The third-order valence-corrected chi connectivity index (χ3v) is 2.14. The monoisotopic (exact) mass is 185 g/mol. The molecule has 0 spiro atoms. The van der Waals surface area contributed by atoms with Gasteiger partial charge in [-0.15, -0.1) is 0 Å². The molecule has 1 saturated heterocycles. The van der Waals surface area contributed by atoms with Crippen LogP contribution in [0.25, 0.3) is 0 Å². The molecule has 1 heterocycles. The predicted octanol–water partition coefficient (Wildman–Crippen LogP) is 0.0823. The number of nitrogens with zero attached hydrogens (tertiary/aromatic N) is 1. The summed E-state index contributed by atoms with van der Waals surface area (Å²) in [6, 6.07) is -0.549. The molecule has 0 amide bonds. The van der Waals surface area contributed by atoms with Gasteiger partial charge in [0.15, 0.2) is 0 Å². The number of hydrogen-bond donors (Lipinski definition) is 2. The third kappa shape index (κ3) is 2.54. The van der Waals surface area contributed by atoms with Gasteiger partial charge in [-0.25, -0.2) is 0 Å². The lowest BCUT2D eigenvalue weighted by Crippen LogP contribution is -2.36. The van der Waals surface area contributed by atoms with Crippen molar-refractivity contribution in [1.82, 2.24) is 4.90 Å². The molecule has 1 fully saturated rings. The number of carboxylic acid groups (broad SMARTS) is 1. The van der Waals surface area contributed by atoms with Gasteiger partial charge in [-0.3, -0.25) is 9.69 Å². The van der Waals surface area contributed by atoms with Crippen LogP contribution in [0, 0.1) is 0 Å². The van der Waals surface area contributed by atoms with Crippen molar-refractivity contribution in [2.45, 2.75) is 25.5 Å². The van der Waals surface area contributed by atoms with E-state index in [0.717, 1.165) is 5.57 Å². The zero-order valence-electron chi connectivity index (χ0n) is 7.73. The molecule has 0 aromatic carbocycles. The topological polar surface area (TPSA) is 60.8 Å². The fraction of sp³-hybridized carbons (Fsp3) is 0.667. The summed E-state index contributed by atoms with van der Waals surface area (Å²) in [6.07, 6.45) is -0.191. The molecule has 74 valence electrons. The average molecular weight is 185 g/mol. The fourth-order valence-corrected chi connectivity index (χ4v) is 1.66. The van der Waals surface area contributed by atoms with Crippen LogP contribution < -0.4 is 0 Å². The molecule has 1 aliphatic rings. The van der Waals surface area contributed by atoms with Gasteiger partial charge in [0.25, 0.3) is 0 Å². The van der Waals surface area contributed by atoms with Gasteiger partial charge in [0, 0.05) is 19.5 Å². The number of aliphatic carboxylic acids is 1. The van der Waals surface area contributed by atoms with Crippen molar-refractivity contribution >= 4 is 5.97 Å². The first kappa shape index (κ1) is 10.2. The van der Waals surface area contributed by atoms with E-state index >= 15 is 0 Å². The second kappa shape index (κ2) is 3.89. The third-order valence-electron chi connectivity index (χ3n) is 2.14. The number of aliphatic hydroxyl groups is 1. The maximum absolute atomic E-state index is 10.8. The Bertz CT molecular complexity index is 227. The quantitative estimate of drug-likeness (QED) is 0.611. The van der Waals surface area contributed by atoms with Crippen LogP contribution in [0.5, 0.6) is 0 Å². The van der Waals surface area contributed by atoms with Crippen molar-refractivity contribution in [3.05, 3.63) is 12.2 Å². The van der Waals surface area contributed by atoms with E-state index in [1.165, 1.54) is 0 Å². The van der Waals surface area contributed by atoms with Gasteiger partial charge in [0.2, 0.25) is 0 Å². The molecule has 0 aliphatic carbocycles. The molecule has 0 aromatic heterocycles. The summed E-state index contributed by atoms with van der Waals surface area (Å²) in [7, 11) is 0. The summed E-state index contributed by atoms with van der Waals surface area (Å²) in [5.41, 5.74) is 0.917. The predicted molar refractivity (Wildman–Crippen MR) is 48.4 cm³/mol. The molecule has 0 bridgehead atoms. The van der Waals surface area contributed by atoms with E-state index in [9.17, 15) is 9.90 Å². The first-order valence-corrected chi connectivity index (χ1v) is 4.30. The molecule has 2 unspecified atom stereocenters. The Hall–Kier alpha value is -0.870. The summed E-state index contributed by atoms with van der Waals surface area (Å²) in [5.74, 6) is -0.863. The largest absolute Gasteiger partial charge is 0.480 e. The minimum absolute atomic E-state index is 0.322. The molecular weight excluding hydrogens is 170 g/mol. The van der Waals surface area contributed by atoms with Gasteiger partial charge in [-0.2, -0.15) is 0 Å². The minimum atomic E-state index is -0.863. The van der Waals surface area contributed by atoms with Crippen LogP contribution in [0.15, 0.2) is 12.2 Å². The van der Waals surface area contributed by atoms with Crippen LogP contribution in [-0.2, 0) is 4.79 Å². The second-order valence-corrected chi connectivity index (χ2v) is 3.63. The lowest BCUT2D eigenvalue weighted by molar-refractivity contribution is -0.142. The van der Waals surface area contributed by atoms with E-state index in [4.69, 9.17) is 5.11 Å². The number of carboxylic acids is 1. The Kier molecular flexibility index (Phi) is 3.06. The number of likely N-dealkylation sites (tertiary alicyclic amines) is 1. The van der Waals surface area contributed by atoms with Crippen LogP contribution in [0.2, 0.25) is 0 Å². The van der Waals surface area contributed by atoms with Crippen molar-refractivity contribution in [3.8, 4) is 0 Å². The normalized spacial score (nSPS) is 29.1. The molecule has 2 atom stereocenters. The Labute approximate surface area is 77.5 Å². The van der Waals surface area contributed by atoms with Gasteiger partial charge >= 0.3 is 5.97 Å². The van der Waals surface area contributed by atoms with Gasteiger partial charge in [0.05, 0.1) is 6.10 Å². The highest BCUT2D eigenvalue weighted by atomic mass is 16.4. The SMILES string of the molecule is C=C(C)CN1CC(O)CC1C(=O)O. The summed E-state index contributed by atoms with van der Waals surface area (Å²) >= 11 is 0. The smallest absolute Gasteiger partial charge is 0.321 e. The van der Waals surface area contributed by atoms with Gasteiger partial charge in [-0.1, -0.05) is 12.2 Å². The van der Waals surface area contributed by atoms with Crippen molar-refractivity contribution in [2.75, 3.05) is 13.1 Å². The molecule has 0 saturated carbocycles. The van der Waals surface area contributed by atoms with E-state index in [-0.39, 0.29) is 0 Å². The first-order valence-electron chi connectivity index (χ1n) is 4.30. The number of hydrogen-bond acceptors (Lipinski definition) is 3. The Morgan fingerprint density at radius 1 is 1.69 bits per heavy atom. The molecule has 0 aromatic rings. The minimum Gasteiger partial charge on any atom is -0.480 e. The molecule has 2 N–H and O–H groups in total. The zero-order chi connectivity index (χ0) is 10.0. The second-order valence-electron chi connectivity index (χ2n) is 3.63. The van der Waals surface area contributed by atoms with E-state index in [1.54, 1.807) is 4.90 Å². The highest BCUT2D eigenvalue weighted by molar-refractivity contribution is 5.74. The lowest BCUT2D eigenvalue weighted by Gasteiger charge is -2.20. The summed E-state index contributed by atoms with van der Waals surface area (Å²) in [6.45, 7) is 6.56. The lowest BCUT2D eigenvalue weighted by atomic mass is 10.2. The summed E-state index contributed by atoms with van der Waals surface area (Å²) in [4.78, 5) is 12.5. The van der Waals surface area contributed by atoms with Crippen molar-refractivity contribution < 1.29 is 15.0 Å². The van der Waals surface area contributed by atoms with Crippen LogP contribution in [-0.4, -0.2) is 46.3 Å². The Balaban J connectivity index is 2.60. The van der Waals surface area contributed by atoms with E-state index in [2.05, 4.69) is 6.58 Å². The Morgan fingerprint density at radius 2 is 2.31 bits per heavy atom. The van der Waals surface area contributed by atoms with Crippen LogP contribution in [0.1, 0.15) is 13.3 Å². The number of carbonyl (C=O) groups is 1. The van der Waals surface area contributed by atoms with Gasteiger partial charge in [0.1, 0.15) is 6.04 Å². The van der Waals surface area contributed by atoms with E-state index in [1.807, 2.05) is 6.92 Å². The summed E-state index contributed by atoms with van der Waals surface area (Å²) < 4.78 is 0. The van der Waals surface area contributed by atoms with Crippen LogP contribution >= 0.6 is 0 Å². The van der Waals surface area contributed by atoms with Crippen LogP contribution in [0.3, 0.4) is 0 Å². The summed E-state index contributed by atoms with van der Waals surface area (Å²) in [5, 5.41) is 18.1. The van der Waals surface area contributed by atoms with Crippen molar-refractivity contribution in [2.24, 2.45) is 0 Å². The molecule has 4 heteroatoms. The van der Waals surface area contributed by atoms with Crippen molar-refractivity contribution in [1.29, 1.82) is 0 Å². The van der Waals surface area contributed by atoms with E-state index < -0.39 is 18.1 Å². The standard InChI is InChI=1S/C9H15NO3/c1-6(2)4-10-5-7(11)3-8(10)9(12)13/h7-8,11H,1,3-5H2,2H3,(H,12,13). The number of rotatable bonds is 3. The van der Waals surface area contributed by atoms with Crippen LogP contribution in [0.4, 0.5) is 0 Å². The molecule has 1 rings (SSSR count). The maximum Gasteiger partial charge on any atom is 0.321 e. The number of β-amino-alcohol motifs (C(OH)–C–C–N with tert-alkyl or cyclic N) is 1. The fourth-order valence-electron chi connectivity index (χ4n) is 1.66. The van der Waals surface area contributed by atoms with Crippen molar-refractivity contribution in [3.63, 3.8) is 0 Å². The van der Waals surface area contributed by atoms with E-state index in [0.29, 0.717) is 19.5 Å². The number of aliphatic hydroxyl groups excluding tert-OH is 1. The maximum atomic E-state index is 10.8. The molecular formula is C9H15NO3. The first-order chi connectivity index (χ1) is 6.00. The zero-order valence-corrected chi connectivity index (χ0v) is 7.73. The highest BCUT2D eigenvalue weighted by Crippen LogP contribution is 2.18. The molecule has 1 aliphatic heterocycles. The molecule has 13 heavy (non-hydrogen) atoms. The Morgan fingerprint density at radius 3 is 2.77 bits per heavy atom. The molecule has 0 radical (unpaired) electrons. The van der Waals surface area contributed by atoms with Gasteiger partial charge in [-0.05, 0) is 6.92 Å². The average Bonchev–Trinajstić information content (AvgIpc) is 2.29.